The summed E-state index contributed by atoms with van der Waals surface area (Å²) in [5.41, 5.74) is 2.82. The lowest BCUT2D eigenvalue weighted by molar-refractivity contribution is -0.683. The molecule has 0 spiro atoms. The molecule has 2 heterocycles. The number of rotatable bonds is 2. The monoisotopic (exact) mass is 311 g/mol. The highest BCUT2D eigenvalue weighted by atomic mass is 32.2. The van der Waals surface area contributed by atoms with E-state index in [9.17, 15) is 4.39 Å². The van der Waals surface area contributed by atoms with Crippen molar-refractivity contribution in [2.24, 2.45) is 0 Å². The molecule has 2 aromatic carbocycles. The summed E-state index contributed by atoms with van der Waals surface area (Å²) in [7, 11) is 0. The zero-order valence-electron chi connectivity index (χ0n) is 11.6. The molecular weight excluding hydrogens is 299 g/mol. The highest BCUT2D eigenvalue weighted by molar-refractivity contribution is 7.99. The van der Waals surface area contributed by atoms with Crippen LogP contribution in [0.3, 0.4) is 0 Å². The van der Waals surface area contributed by atoms with Crippen molar-refractivity contribution in [3.63, 3.8) is 0 Å². The van der Waals surface area contributed by atoms with Crippen LogP contribution in [0.2, 0.25) is 0 Å². The molecule has 0 fully saturated rings. The lowest BCUT2D eigenvalue weighted by atomic mass is 10.1. The van der Waals surface area contributed by atoms with E-state index in [0.717, 1.165) is 27.9 Å². The number of thioether (sulfide) groups is 1. The van der Waals surface area contributed by atoms with Crippen molar-refractivity contribution in [2.75, 3.05) is 5.75 Å². The zero-order chi connectivity index (χ0) is 14.9. The van der Waals surface area contributed by atoms with Gasteiger partial charge in [0.15, 0.2) is 5.21 Å². The minimum Gasteiger partial charge on any atom is -0.207 e. The molecular formula is C16H12FN4S+. The third-order valence-corrected chi connectivity index (χ3v) is 4.38. The smallest absolute Gasteiger partial charge is 0.207 e. The van der Waals surface area contributed by atoms with Gasteiger partial charge in [0.2, 0.25) is 0 Å². The minimum atomic E-state index is -0.243. The molecule has 4 nitrogen and oxygen atoms in total. The molecule has 6 heteroatoms. The van der Waals surface area contributed by atoms with Crippen molar-refractivity contribution in [1.82, 2.24) is 15.1 Å². The van der Waals surface area contributed by atoms with Gasteiger partial charge in [-0.1, -0.05) is 22.9 Å². The maximum atomic E-state index is 13.1. The number of benzene rings is 2. The first-order valence-corrected chi connectivity index (χ1v) is 7.84. The van der Waals surface area contributed by atoms with Gasteiger partial charge in [0, 0.05) is 11.3 Å². The summed E-state index contributed by atoms with van der Waals surface area (Å²) in [6.07, 6.45) is 2.08. The molecule has 0 bridgehead atoms. The Labute approximate surface area is 130 Å². The summed E-state index contributed by atoms with van der Waals surface area (Å²) in [6.45, 7) is 0. The fourth-order valence-corrected chi connectivity index (χ4v) is 3.31. The van der Waals surface area contributed by atoms with E-state index in [4.69, 9.17) is 0 Å². The molecule has 22 heavy (non-hydrogen) atoms. The number of halogens is 1. The van der Waals surface area contributed by atoms with Gasteiger partial charge in [0.1, 0.15) is 22.4 Å². The van der Waals surface area contributed by atoms with Gasteiger partial charge < -0.3 is 0 Å². The number of hydrogen-bond acceptors (Lipinski definition) is 3. The summed E-state index contributed by atoms with van der Waals surface area (Å²) in [5, 5.41) is 9.45. The average molecular weight is 311 g/mol. The van der Waals surface area contributed by atoms with Crippen LogP contribution in [-0.2, 0) is 0 Å². The van der Waals surface area contributed by atoms with Gasteiger partial charge in [-0.25, -0.2) is 4.39 Å². The predicted molar refractivity (Wildman–Crippen MR) is 82.1 cm³/mol. The van der Waals surface area contributed by atoms with E-state index in [1.165, 1.54) is 12.1 Å². The van der Waals surface area contributed by atoms with E-state index < -0.39 is 0 Å². The number of para-hydroxylation sites is 1. The first-order chi connectivity index (χ1) is 10.8. The molecule has 0 saturated heterocycles. The fourth-order valence-electron chi connectivity index (χ4n) is 2.39. The third kappa shape index (κ3) is 2.21. The molecule has 0 radical (unpaired) electrons. The summed E-state index contributed by atoms with van der Waals surface area (Å²) >= 11 is 1.67. The topological polar surface area (TPSA) is 34.6 Å². The molecule has 108 valence electrons. The van der Waals surface area contributed by atoms with Crippen LogP contribution in [-0.4, -0.2) is 20.9 Å². The van der Waals surface area contributed by atoms with Crippen LogP contribution in [0.1, 0.15) is 5.56 Å². The standard InChI is InChI=1S/C16H12FN4S/c17-13-8-6-12(7-9-13)15-10-11-22-16-20(18-19-21(15)16)14-4-2-1-3-5-14/h1-10H,11H2/q+1. The van der Waals surface area contributed by atoms with Gasteiger partial charge >= 0.3 is 5.16 Å². The molecule has 0 aliphatic carbocycles. The Morgan fingerprint density at radius 3 is 2.59 bits per heavy atom. The molecule has 0 amide bonds. The Hall–Kier alpha value is -2.47. The summed E-state index contributed by atoms with van der Waals surface area (Å²) in [5.74, 6) is 0.583. The third-order valence-electron chi connectivity index (χ3n) is 3.44. The van der Waals surface area contributed by atoms with Crippen LogP contribution < -0.4 is 4.68 Å². The van der Waals surface area contributed by atoms with E-state index in [-0.39, 0.29) is 5.82 Å². The van der Waals surface area contributed by atoms with Gasteiger partial charge in [-0.2, -0.15) is 0 Å². The molecule has 0 N–H and O–H groups in total. The Balaban J connectivity index is 1.80. The molecule has 1 aliphatic rings. The molecule has 4 rings (SSSR count). The highest BCUT2D eigenvalue weighted by Crippen LogP contribution is 2.25. The second-order valence-corrected chi connectivity index (χ2v) is 5.82. The molecule has 0 saturated carbocycles. The Kier molecular flexibility index (Phi) is 3.23. The number of nitrogens with zero attached hydrogens (tertiary/aromatic N) is 4. The van der Waals surface area contributed by atoms with Crippen molar-refractivity contribution in [3.8, 4) is 5.69 Å². The largest absolute Gasteiger partial charge is 0.328 e. The number of aromatic nitrogens is 4. The molecule has 0 unspecified atom stereocenters. The summed E-state index contributed by atoms with van der Waals surface area (Å²) in [6, 6.07) is 16.3. The normalized spacial score (nSPS) is 13.6. The van der Waals surface area contributed by atoms with Crippen molar-refractivity contribution >= 4 is 17.5 Å². The van der Waals surface area contributed by atoms with Crippen molar-refractivity contribution < 1.29 is 9.07 Å². The second-order valence-electron chi connectivity index (χ2n) is 4.83. The maximum Gasteiger partial charge on any atom is 0.328 e. The van der Waals surface area contributed by atoms with E-state index in [2.05, 4.69) is 16.5 Å². The van der Waals surface area contributed by atoms with Crippen molar-refractivity contribution in [3.05, 3.63) is 72.1 Å². The lowest BCUT2D eigenvalue weighted by Gasteiger charge is -2.09. The van der Waals surface area contributed by atoms with Crippen molar-refractivity contribution in [1.29, 1.82) is 0 Å². The minimum absolute atomic E-state index is 0.243. The quantitative estimate of drug-likeness (QED) is 0.683. The number of fused-ring (bicyclic) bond motifs is 1. The average Bonchev–Trinajstić information content (AvgIpc) is 3.00. The highest BCUT2D eigenvalue weighted by Gasteiger charge is 2.29. The van der Waals surface area contributed by atoms with E-state index in [1.54, 1.807) is 28.6 Å². The molecule has 3 aromatic rings. The van der Waals surface area contributed by atoms with Crippen LogP contribution in [0, 0.1) is 5.82 Å². The molecule has 1 aliphatic heterocycles. The first-order valence-electron chi connectivity index (χ1n) is 6.86. The SMILES string of the molecule is Fc1ccc(C2=CCSc3n(-c4ccccc4)nn[n+]32)cc1. The predicted octanol–water partition coefficient (Wildman–Crippen LogP) is 2.69. The maximum absolute atomic E-state index is 13.1. The number of hydrogen-bond donors (Lipinski definition) is 0. The number of tetrazole rings is 1. The lowest BCUT2D eigenvalue weighted by Crippen LogP contribution is -2.39. The Morgan fingerprint density at radius 2 is 1.82 bits per heavy atom. The molecule has 0 atom stereocenters. The van der Waals surface area contributed by atoms with Crippen LogP contribution in [0.4, 0.5) is 4.39 Å². The van der Waals surface area contributed by atoms with Gasteiger partial charge in [0.05, 0.1) is 0 Å². The Bertz CT molecular complexity index is 840. The van der Waals surface area contributed by atoms with Gasteiger partial charge in [-0.3, -0.25) is 0 Å². The summed E-state index contributed by atoms with van der Waals surface area (Å²) in [4.78, 5) is 0. The van der Waals surface area contributed by atoms with Crippen molar-refractivity contribution in [2.45, 2.75) is 5.16 Å². The van der Waals surface area contributed by atoms with Gasteiger partial charge in [-0.05, 0) is 58.9 Å². The Morgan fingerprint density at radius 1 is 1.05 bits per heavy atom. The van der Waals surface area contributed by atoms with Crippen LogP contribution in [0.15, 0.2) is 65.8 Å². The van der Waals surface area contributed by atoms with E-state index in [0.29, 0.717) is 0 Å². The van der Waals surface area contributed by atoms with Crippen LogP contribution in [0.5, 0.6) is 0 Å². The fraction of sp³-hybridized carbons (Fsp3) is 0.0625. The first kappa shape index (κ1) is 13.2. The van der Waals surface area contributed by atoms with Crippen LogP contribution >= 0.6 is 11.8 Å². The van der Waals surface area contributed by atoms with Crippen LogP contribution in [0.25, 0.3) is 11.4 Å². The van der Waals surface area contributed by atoms with Gasteiger partial charge in [0.25, 0.3) is 0 Å². The van der Waals surface area contributed by atoms with E-state index >= 15 is 0 Å². The summed E-state index contributed by atoms with van der Waals surface area (Å²) < 4.78 is 16.7. The van der Waals surface area contributed by atoms with Gasteiger partial charge in [-0.15, -0.1) is 0 Å². The zero-order valence-corrected chi connectivity index (χ0v) is 12.4. The second kappa shape index (κ2) is 5.38. The van der Waals surface area contributed by atoms with E-state index in [1.807, 2.05) is 35.0 Å². The molecule has 1 aromatic heterocycles.